The molecule has 0 spiro atoms. The number of rotatable bonds is 2. The minimum absolute atomic E-state index is 0.0385. The van der Waals surface area contributed by atoms with Crippen molar-refractivity contribution in [3.63, 3.8) is 0 Å². The second kappa shape index (κ2) is 5.10. The maximum Gasteiger partial charge on any atom is 0.152 e. The number of aryl methyl sites for hydroxylation is 1. The zero-order valence-corrected chi connectivity index (χ0v) is 12.2. The van der Waals surface area contributed by atoms with E-state index in [1.165, 1.54) is 12.1 Å². The van der Waals surface area contributed by atoms with Gasteiger partial charge in [-0.2, -0.15) is 0 Å². The first kappa shape index (κ1) is 14.3. The molecule has 106 valence electrons. The number of halogens is 2. The van der Waals surface area contributed by atoms with Gasteiger partial charge in [-0.15, -0.1) is 0 Å². The Morgan fingerprint density at radius 3 is 2.58 bits per heavy atom. The zero-order chi connectivity index (χ0) is 14.2. The number of hydrogen-bond donors (Lipinski definition) is 1. The van der Waals surface area contributed by atoms with E-state index in [2.05, 4.69) is 26.1 Å². The van der Waals surface area contributed by atoms with Crippen molar-refractivity contribution in [1.29, 1.82) is 0 Å². The standard InChI is InChI=1S/C16H23F2N/c1-10-5-6-12(17)15(14(10)18)19-13-7-8-16(3,4)9-11(13)2/h5-6,11,13,19H,7-9H2,1-4H3. The predicted octanol–water partition coefficient (Wildman–Crippen LogP) is 4.90. The molecule has 0 heterocycles. The summed E-state index contributed by atoms with van der Waals surface area (Å²) in [5.41, 5.74) is 0.852. The minimum atomic E-state index is -0.500. The molecular weight excluding hydrogens is 244 g/mol. The average Bonchev–Trinajstić information content (AvgIpc) is 2.31. The Morgan fingerprint density at radius 1 is 1.26 bits per heavy atom. The Bertz CT molecular complexity index is 468. The van der Waals surface area contributed by atoms with Crippen molar-refractivity contribution >= 4 is 5.69 Å². The van der Waals surface area contributed by atoms with Crippen molar-refractivity contribution in [2.45, 2.75) is 53.0 Å². The van der Waals surface area contributed by atoms with Crippen LogP contribution in [-0.4, -0.2) is 6.04 Å². The molecule has 0 bridgehead atoms. The Kier molecular flexibility index (Phi) is 3.84. The van der Waals surface area contributed by atoms with Crippen LogP contribution in [0.25, 0.3) is 0 Å². The molecule has 1 fully saturated rings. The number of anilines is 1. The normalized spacial score (nSPS) is 26.2. The van der Waals surface area contributed by atoms with Crippen LogP contribution in [0.5, 0.6) is 0 Å². The third-order valence-corrected chi connectivity index (χ3v) is 4.31. The topological polar surface area (TPSA) is 12.0 Å². The highest BCUT2D eigenvalue weighted by Crippen LogP contribution is 2.40. The molecule has 1 nitrogen and oxygen atoms in total. The molecule has 0 amide bonds. The molecule has 0 radical (unpaired) electrons. The molecular formula is C16H23F2N. The molecule has 1 N–H and O–H groups in total. The highest BCUT2D eigenvalue weighted by atomic mass is 19.1. The van der Waals surface area contributed by atoms with E-state index in [9.17, 15) is 8.78 Å². The number of benzene rings is 1. The summed E-state index contributed by atoms with van der Waals surface area (Å²) in [5.74, 6) is -0.541. The van der Waals surface area contributed by atoms with Crippen LogP contribution < -0.4 is 5.32 Å². The zero-order valence-electron chi connectivity index (χ0n) is 12.2. The van der Waals surface area contributed by atoms with Gasteiger partial charge >= 0.3 is 0 Å². The molecule has 2 rings (SSSR count). The molecule has 1 aliphatic carbocycles. The first-order valence-electron chi connectivity index (χ1n) is 7.01. The van der Waals surface area contributed by atoms with Crippen molar-refractivity contribution < 1.29 is 8.78 Å². The molecule has 0 aromatic heterocycles. The number of hydrogen-bond acceptors (Lipinski definition) is 1. The van der Waals surface area contributed by atoms with Crippen LogP contribution in [0.2, 0.25) is 0 Å². The van der Waals surface area contributed by atoms with Gasteiger partial charge in [-0.3, -0.25) is 0 Å². The van der Waals surface area contributed by atoms with Gasteiger partial charge in [-0.1, -0.05) is 26.8 Å². The Hall–Kier alpha value is -1.12. The minimum Gasteiger partial charge on any atom is -0.377 e. The Labute approximate surface area is 114 Å². The number of nitrogens with one attached hydrogen (secondary N) is 1. The van der Waals surface area contributed by atoms with E-state index in [0.29, 0.717) is 16.9 Å². The lowest BCUT2D eigenvalue weighted by Gasteiger charge is -2.40. The molecule has 2 unspecified atom stereocenters. The fourth-order valence-electron chi connectivity index (χ4n) is 3.14. The lowest BCUT2D eigenvalue weighted by molar-refractivity contribution is 0.176. The maximum atomic E-state index is 14.0. The molecule has 1 aliphatic rings. The SMILES string of the molecule is Cc1ccc(F)c(NC2CCC(C)(C)CC2C)c1F. The van der Waals surface area contributed by atoms with Crippen molar-refractivity contribution in [3.05, 3.63) is 29.3 Å². The van der Waals surface area contributed by atoms with Crippen LogP contribution >= 0.6 is 0 Å². The fraction of sp³-hybridized carbons (Fsp3) is 0.625. The van der Waals surface area contributed by atoms with Crippen LogP contribution in [0, 0.1) is 29.9 Å². The third-order valence-electron chi connectivity index (χ3n) is 4.31. The smallest absolute Gasteiger partial charge is 0.152 e. The van der Waals surface area contributed by atoms with E-state index in [-0.39, 0.29) is 11.7 Å². The molecule has 3 heteroatoms. The summed E-state index contributed by atoms with van der Waals surface area (Å²) in [6, 6.07) is 2.96. The van der Waals surface area contributed by atoms with Gasteiger partial charge < -0.3 is 5.32 Å². The first-order chi connectivity index (χ1) is 8.80. The summed E-state index contributed by atoms with van der Waals surface area (Å²) in [5, 5.41) is 3.10. The average molecular weight is 267 g/mol. The second-order valence-corrected chi connectivity index (χ2v) is 6.69. The molecule has 2 atom stereocenters. The van der Waals surface area contributed by atoms with Gasteiger partial charge in [0.2, 0.25) is 0 Å². The van der Waals surface area contributed by atoms with Crippen molar-refractivity contribution in [3.8, 4) is 0 Å². The highest BCUT2D eigenvalue weighted by Gasteiger charge is 2.33. The predicted molar refractivity (Wildman–Crippen MR) is 75.3 cm³/mol. The van der Waals surface area contributed by atoms with E-state index in [0.717, 1.165) is 19.3 Å². The van der Waals surface area contributed by atoms with Gasteiger partial charge in [0.05, 0.1) is 0 Å². The van der Waals surface area contributed by atoms with Gasteiger partial charge in [0.1, 0.15) is 11.5 Å². The molecule has 19 heavy (non-hydrogen) atoms. The van der Waals surface area contributed by atoms with Gasteiger partial charge in [0.15, 0.2) is 5.82 Å². The van der Waals surface area contributed by atoms with E-state index in [1.54, 1.807) is 6.92 Å². The summed E-state index contributed by atoms with van der Waals surface area (Å²) in [4.78, 5) is 0. The lowest BCUT2D eigenvalue weighted by atomic mass is 9.70. The van der Waals surface area contributed by atoms with Crippen molar-refractivity contribution in [1.82, 2.24) is 0 Å². The molecule has 1 saturated carbocycles. The van der Waals surface area contributed by atoms with E-state index < -0.39 is 11.6 Å². The van der Waals surface area contributed by atoms with Crippen LogP contribution in [-0.2, 0) is 0 Å². The molecule has 0 saturated heterocycles. The molecule has 1 aromatic rings. The van der Waals surface area contributed by atoms with E-state index in [4.69, 9.17) is 0 Å². The quantitative estimate of drug-likeness (QED) is 0.803. The van der Waals surface area contributed by atoms with Gasteiger partial charge in [0, 0.05) is 6.04 Å². The lowest BCUT2D eigenvalue weighted by Crippen LogP contribution is -2.37. The van der Waals surface area contributed by atoms with Gasteiger partial charge in [0.25, 0.3) is 0 Å². The summed E-state index contributed by atoms with van der Waals surface area (Å²) in [6.07, 6.45) is 3.13. The van der Waals surface area contributed by atoms with Crippen LogP contribution in [0.4, 0.5) is 14.5 Å². The van der Waals surface area contributed by atoms with Gasteiger partial charge in [-0.05, 0) is 49.1 Å². The van der Waals surface area contributed by atoms with Crippen LogP contribution in [0.15, 0.2) is 12.1 Å². The second-order valence-electron chi connectivity index (χ2n) is 6.69. The van der Waals surface area contributed by atoms with Crippen LogP contribution in [0.3, 0.4) is 0 Å². The van der Waals surface area contributed by atoms with Crippen molar-refractivity contribution in [2.24, 2.45) is 11.3 Å². The first-order valence-corrected chi connectivity index (χ1v) is 7.01. The Morgan fingerprint density at radius 2 is 1.95 bits per heavy atom. The molecule has 0 aliphatic heterocycles. The van der Waals surface area contributed by atoms with E-state index >= 15 is 0 Å². The summed E-state index contributed by atoms with van der Waals surface area (Å²) in [6.45, 7) is 8.33. The largest absolute Gasteiger partial charge is 0.377 e. The van der Waals surface area contributed by atoms with Crippen LogP contribution in [0.1, 0.15) is 45.6 Å². The summed E-state index contributed by atoms with van der Waals surface area (Å²) >= 11 is 0. The highest BCUT2D eigenvalue weighted by molar-refractivity contribution is 5.49. The van der Waals surface area contributed by atoms with E-state index in [1.807, 2.05) is 0 Å². The molecule has 1 aromatic carbocycles. The summed E-state index contributed by atoms with van der Waals surface area (Å²) in [7, 11) is 0. The van der Waals surface area contributed by atoms with Gasteiger partial charge in [-0.25, -0.2) is 8.78 Å². The summed E-state index contributed by atoms with van der Waals surface area (Å²) < 4.78 is 27.8. The third kappa shape index (κ3) is 3.07. The van der Waals surface area contributed by atoms with Crippen molar-refractivity contribution in [2.75, 3.05) is 5.32 Å². The monoisotopic (exact) mass is 267 g/mol. The fourth-order valence-corrected chi connectivity index (χ4v) is 3.14. The Balaban J connectivity index is 2.16. The maximum absolute atomic E-state index is 14.0.